The number of hydrogen-bond acceptors (Lipinski definition) is 3. The van der Waals surface area contributed by atoms with Crippen LogP contribution in [0, 0.1) is 11.8 Å². The molecule has 0 saturated carbocycles. The minimum atomic E-state index is -4.83. The summed E-state index contributed by atoms with van der Waals surface area (Å²) in [5.74, 6) is 0.237. The van der Waals surface area contributed by atoms with Crippen molar-refractivity contribution >= 4 is 7.28 Å². The molecular formula is C22H41O3P. The van der Waals surface area contributed by atoms with Crippen LogP contribution in [0.3, 0.4) is 0 Å². The third kappa shape index (κ3) is 6.93. The predicted octanol–water partition coefficient (Wildman–Crippen LogP) is 6.44. The quantitative estimate of drug-likeness (QED) is 0.343. The van der Waals surface area contributed by atoms with Gasteiger partial charge in [-0.2, -0.15) is 0 Å². The average Bonchev–Trinajstić information content (AvgIpc) is 2.62. The van der Waals surface area contributed by atoms with Crippen LogP contribution in [0.15, 0.2) is 30.3 Å². The zero-order chi connectivity index (χ0) is 19.7. The second-order valence-corrected chi connectivity index (χ2v) is 11.4. The molecule has 0 amide bonds. The molecule has 0 saturated heterocycles. The Bertz CT molecular complexity index is 495. The molecule has 0 aliphatic rings. The summed E-state index contributed by atoms with van der Waals surface area (Å²) in [6.07, 6.45) is 7.96. The van der Waals surface area contributed by atoms with E-state index in [0.29, 0.717) is 0 Å². The fourth-order valence-corrected chi connectivity index (χ4v) is 7.90. The van der Waals surface area contributed by atoms with E-state index >= 15 is 0 Å². The molecule has 152 valence electrons. The molecule has 1 aromatic carbocycles. The van der Waals surface area contributed by atoms with Gasteiger partial charge in [0.05, 0.1) is 0 Å². The van der Waals surface area contributed by atoms with E-state index in [2.05, 4.69) is 27.7 Å². The van der Waals surface area contributed by atoms with Crippen molar-refractivity contribution in [2.75, 3.05) is 6.16 Å². The summed E-state index contributed by atoms with van der Waals surface area (Å²) < 4.78 is 0. The van der Waals surface area contributed by atoms with Crippen molar-refractivity contribution in [3.05, 3.63) is 35.9 Å². The van der Waals surface area contributed by atoms with Crippen LogP contribution in [0.5, 0.6) is 0 Å². The summed E-state index contributed by atoms with van der Waals surface area (Å²) in [6.45, 7) is 8.47. The standard InChI is InChI=1S/C22H41O3P/c1-5-9-14-19(7-3)18-26(23,24,25)22(20(8-4)15-10-6-2)21-16-12-11-13-17-21/h11-13,16-17,19-20,22-25H,5-10,14-15,18H2,1-4H3. The van der Waals surface area contributed by atoms with E-state index in [4.69, 9.17) is 0 Å². The number of rotatable bonds is 13. The Hall–Kier alpha value is -0.470. The zero-order valence-electron chi connectivity index (χ0n) is 17.3. The summed E-state index contributed by atoms with van der Waals surface area (Å²) in [5, 5.41) is 0. The van der Waals surface area contributed by atoms with Gasteiger partial charge in [-0.1, -0.05) is 0 Å². The Morgan fingerprint density at radius 1 is 0.808 bits per heavy atom. The Morgan fingerprint density at radius 3 is 1.88 bits per heavy atom. The fourth-order valence-electron chi connectivity index (χ4n) is 4.24. The molecule has 3 unspecified atom stereocenters. The van der Waals surface area contributed by atoms with E-state index in [9.17, 15) is 14.7 Å². The monoisotopic (exact) mass is 384 g/mol. The molecule has 3 atom stereocenters. The molecule has 1 aromatic rings. The molecule has 0 aliphatic carbocycles. The van der Waals surface area contributed by atoms with Crippen LogP contribution < -0.4 is 0 Å². The molecule has 0 aromatic heterocycles. The first kappa shape index (κ1) is 23.6. The Morgan fingerprint density at radius 2 is 1.38 bits per heavy atom. The zero-order valence-corrected chi connectivity index (χ0v) is 18.2. The van der Waals surface area contributed by atoms with E-state index in [-0.39, 0.29) is 18.0 Å². The third-order valence-corrected chi connectivity index (χ3v) is 8.84. The topological polar surface area (TPSA) is 60.7 Å². The molecular weight excluding hydrogens is 343 g/mol. The van der Waals surface area contributed by atoms with Crippen LogP contribution in [0.2, 0.25) is 0 Å². The van der Waals surface area contributed by atoms with E-state index < -0.39 is 12.9 Å². The summed E-state index contributed by atoms with van der Waals surface area (Å²) in [7, 11) is -4.83. The molecule has 0 radical (unpaired) electrons. The predicted molar refractivity (Wildman–Crippen MR) is 114 cm³/mol. The van der Waals surface area contributed by atoms with Gasteiger partial charge in [-0.15, -0.1) is 0 Å². The molecule has 0 heterocycles. The fraction of sp³-hybridized carbons (Fsp3) is 0.727. The summed E-state index contributed by atoms with van der Waals surface area (Å²) in [5.41, 5.74) is 0.292. The molecule has 3 N–H and O–H groups in total. The van der Waals surface area contributed by atoms with Crippen molar-refractivity contribution in [1.29, 1.82) is 0 Å². The molecule has 1 rings (SSSR count). The maximum absolute atomic E-state index is 11.3. The van der Waals surface area contributed by atoms with Gasteiger partial charge in [-0.05, 0) is 0 Å². The first-order chi connectivity index (χ1) is 12.3. The van der Waals surface area contributed by atoms with Gasteiger partial charge in [-0.3, -0.25) is 0 Å². The second kappa shape index (κ2) is 10.8. The Balaban J connectivity index is 3.23. The van der Waals surface area contributed by atoms with Crippen molar-refractivity contribution in [1.82, 2.24) is 0 Å². The molecule has 0 aliphatic heterocycles. The van der Waals surface area contributed by atoms with Gasteiger partial charge in [0.15, 0.2) is 0 Å². The first-order valence-electron chi connectivity index (χ1n) is 10.6. The van der Waals surface area contributed by atoms with Gasteiger partial charge in [-0.25, -0.2) is 0 Å². The molecule has 3 nitrogen and oxygen atoms in total. The maximum atomic E-state index is 11.3. The SMILES string of the molecule is CCCCC(CC)CP(O)(O)(O)C(c1ccccc1)C(CC)CCCC. The van der Waals surface area contributed by atoms with Gasteiger partial charge in [0.25, 0.3) is 0 Å². The van der Waals surface area contributed by atoms with Gasteiger partial charge in [0.2, 0.25) is 0 Å². The second-order valence-electron chi connectivity index (χ2n) is 7.99. The van der Waals surface area contributed by atoms with Gasteiger partial charge >= 0.3 is 161 Å². The van der Waals surface area contributed by atoms with Gasteiger partial charge < -0.3 is 0 Å². The molecule has 0 bridgehead atoms. The molecule has 26 heavy (non-hydrogen) atoms. The van der Waals surface area contributed by atoms with Crippen molar-refractivity contribution in [3.8, 4) is 0 Å². The van der Waals surface area contributed by atoms with E-state index in [1.165, 1.54) is 0 Å². The average molecular weight is 385 g/mol. The third-order valence-electron chi connectivity index (χ3n) is 5.76. The van der Waals surface area contributed by atoms with E-state index in [1.807, 2.05) is 30.3 Å². The van der Waals surface area contributed by atoms with Crippen molar-refractivity contribution in [2.45, 2.75) is 84.7 Å². The number of unbranched alkanes of at least 4 members (excludes halogenated alkanes) is 2. The number of benzene rings is 1. The van der Waals surface area contributed by atoms with Crippen LogP contribution in [0.1, 0.15) is 90.3 Å². The van der Waals surface area contributed by atoms with Crippen LogP contribution in [-0.2, 0) is 0 Å². The van der Waals surface area contributed by atoms with Crippen LogP contribution in [0.25, 0.3) is 0 Å². The summed E-state index contributed by atoms with van der Waals surface area (Å²) in [4.78, 5) is 34.0. The van der Waals surface area contributed by atoms with Crippen molar-refractivity contribution < 1.29 is 14.7 Å². The van der Waals surface area contributed by atoms with Crippen LogP contribution >= 0.6 is 7.28 Å². The first-order valence-corrected chi connectivity index (χ1v) is 12.9. The van der Waals surface area contributed by atoms with Crippen LogP contribution in [0.4, 0.5) is 0 Å². The van der Waals surface area contributed by atoms with Crippen LogP contribution in [-0.4, -0.2) is 20.8 Å². The van der Waals surface area contributed by atoms with Crippen molar-refractivity contribution in [3.63, 3.8) is 0 Å². The van der Waals surface area contributed by atoms with Gasteiger partial charge in [0.1, 0.15) is 0 Å². The number of hydrogen-bond donors (Lipinski definition) is 3. The Kier molecular flexibility index (Phi) is 9.75. The molecule has 0 fully saturated rings. The molecule has 4 heteroatoms. The minimum absolute atomic E-state index is 0.0821. The normalized spacial score (nSPS) is 17.3. The van der Waals surface area contributed by atoms with Crippen molar-refractivity contribution in [2.24, 2.45) is 11.8 Å². The summed E-state index contributed by atoms with van der Waals surface area (Å²) in [6, 6.07) is 9.67. The van der Waals surface area contributed by atoms with E-state index in [0.717, 1.165) is 56.9 Å². The molecule has 0 spiro atoms. The summed E-state index contributed by atoms with van der Waals surface area (Å²) >= 11 is 0. The Labute approximate surface area is 161 Å². The van der Waals surface area contributed by atoms with E-state index in [1.54, 1.807) is 0 Å². The van der Waals surface area contributed by atoms with Gasteiger partial charge in [0, 0.05) is 0 Å².